The SMILES string of the molecule is C=CC(=O)N[C@H]1CCCN(C(=O)O)C1. The number of nitrogens with zero attached hydrogens (tertiary/aromatic N) is 1. The number of hydrogen-bond donors (Lipinski definition) is 2. The van der Waals surface area contributed by atoms with E-state index in [1.165, 1.54) is 11.0 Å². The molecule has 0 unspecified atom stereocenters. The van der Waals surface area contributed by atoms with E-state index in [9.17, 15) is 9.59 Å². The van der Waals surface area contributed by atoms with Crippen LogP contribution in [0.4, 0.5) is 4.79 Å². The van der Waals surface area contributed by atoms with Gasteiger partial charge in [0.25, 0.3) is 0 Å². The van der Waals surface area contributed by atoms with Crippen molar-refractivity contribution in [2.75, 3.05) is 13.1 Å². The lowest BCUT2D eigenvalue weighted by atomic mass is 10.1. The van der Waals surface area contributed by atoms with Crippen molar-refractivity contribution in [1.29, 1.82) is 0 Å². The molecule has 1 saturated heterocycles. The number of likely N-dealkylation sites (tertiary alicyclic amines) is 1. The minimum Gasteiger partial charge on any atom is -0.465 e. The van der Waals surface area contributed by atoms with Gasteiger partial charge in [0.05, 0.1) is 0 Å². The second-order valence-electron chi connectivity index (χ2n) is 3.28. The molecular formula is C9H14N2O3. The van der Waals surface area contributed by atoms with Gasteiger partial charge in [-0.1, -0.05) is 6.58 Å². The first-order valence-electron chi connectivity index (χ1n) is 4.54. The van der Waals surface area contributed by atoms with Crippen LogP contribution in [0.5, 0.6) is 0 Å². The van der Waals surface area contributed by atoms with Crippen LogP contribution in [0, 0.1) is 0 Å². The Balaban J connectivity index is 2.43. The number of amides is 2. The Labute approximate surface area is 82.4 Å². The van der Waals surface area contributed by atoms with Gasteiger partial charge in [-0.15, -0.1) is 0 Å². The normalized spacial score (nSPS) is 21.4. The molecule has 0 saturated carbocycles. The van der Waals surface area contributed by atoms with Crippen LogP contribution >= 0.6 is 0 Å². The van der Waals surface area contributed by atoms with Crippen molar-refractivity contribution < 1.29 is 14.7 Å². The molecule has 5 heteroatoms. The fraction of sp³-hybridized carbons (Fsp3) is 0.556. The van der Waals surface area contributed by atoms with Gasteiger partial charge in [-0.05, 0) is 18.9 Å². The highest BCUT2D eigenvalue weighted by Gasteiger charge is 2.23. The first kappa shape index (κ1) is 10.6. The van der Waals surface area contributed by atoms with Gasteiger partial charge in [0.1, 0.15) is 0 Å². The fourth-order valence-corrected chi connectivity index (χ4v) is 1.53. The summed E-state index contributed by atoms with van der Waals surface area (Å²) in [6.45, 7) is 4.26. The Morgan fingerprint density at radius 1 is 1.57 bits per heavy atom. The van der Waals surface area contributed by atoms with Gasteiger partial charge in [-0.25, -0.2) is 4.79 Å². The van der Waals surface area contributed by atoms with Gasteiger partial charge in [0.2, 0.25) is 5.91 Å². The average Bonchev–Trinajstić information content (AvgIpc) is 2.18. The summed E-state index contributed by atoms with van der Waals surface area (Å²) in [4.78, 5) is 22.9. The van der Waals surface area contributed by atoms with Gasteiger partial charge in [0, 0.05) is 19.1 Å². The summed E-state index contributed by atoms with van der Waals surface area (Å²) in [7, 11) is 0. The van der Waals surface area contributed by atoms with Crippen LogP contribution in [0.15, 0.2) is 12.7 Å². The van der Waals surface area contributed by atoms with Crippen molar-refractivity contribution in [3.8, 4) is 0 Å². The molecule has 0 bridgehead atoms. The number of piperidine rings is 1. The zero-order valence-corrected chi connectivity index (χ0v) is 7.90. The molecule has 0 aromatic heterocycles. The van der Waals surface area contributed by atoms with Gasteiger partial charge in [-0.2, -0.15) is 0 Å². The second kappa shape index (κ2) is 4.64. The minimum absolute atomic E-state index is 0.0784. The third kappa shape index (κ3) is 2.76. The molecule has 14 heavy (non-hydrogen) atoms. The highest BCUT2D eigenvalue weighted by atomic mass is 16.4. The molecule has 1 heterocycles. The van der Waals surface area contributed by atoms with E-state index < -0.39 is 6.09 Å². The third-order valence-corrected chi connectivity index (χ3v) is 2.22. The van der Waals surface area contributed by atoms with E-state index in [1.54, 1.807) is 0 Å². The van der Waals surface area contributed by atoms with E-state index in [-0.39, 0.29) is 11.9 Å². The summed E-state index contributed by atoms with van der Waals surface area (Å²) in [6, 6.07) is -0.0784. The van der Waals surface area contributed by atoms with Crippen molar-refractivity contribution in [3.63, 3.8) is 0 Å². The first-order valence-corrected chi connectivity index (χ1v) is 4.54. The molecule has 0 radical (unpaired) electrons. The van der Waals surface area contributed by atoms with E-state index in [1.807, 2.05) is 0 Å². The maximum absolute atomic E-state index is 11.0. The number of hydrogen-bond acceptors (Lipinski definition) is 2. The molecule has 5 nitrogen and oxygen atoms in total. The van der Waals surface area contributed by atoms with Crippen LogP contribution in [-0.2, 0) is 4.79 Å². The van der Waals surface area contributed by atoms with Gasteiger partial charge in [-0.3, -0.25) is 4.79 Å². The lowest BCUT2D eigenvalue weighted by Gasteiger charge is -2.30. The van der Waals surface area contributed by atoms with Crippen molar-refractivity contribution in [3.05, 3.63) is 12.7 Å². The molecule has 0 aromatic carbocycles. The Kier molecular flexibility index (Phi) is 3.50. The molecule has 1 rings (SSSR count). The number of nitrogens with one attached hydrogen (secondary N) is 1. The van der Waals surface area contributed by atoms with Crippen LogP contribution in [0.1, 0.15) is 12.8 Å². The highest BCUT2D eigenvalue weighted by Crippen LogP contribution is 2.09. The molecule has 1 aliphatic heterocycles. The van der Waals surface area contributed by atoms with E-state index in [4.69, 9.17) is 5.11 Å². The summed E-state index contributed by atoms with van der Waals surface area (Å²) in [5, 5.41) is 11.4. The average molecular weight is 198 g/mol. The largest absolute Gasteiger partial charge is 0.465 e. The molecule has 0 aromatic rings. The molecular weight excluding hydrogens is 184 g/mol. The molecule has 2 amide bonds. The van der Waals surface area contributed by atoms with Crippen LogP contribution < -0.4 is 5.32 Å². The lowest BCUT2D eigenvalue weighted by Crippen LogP contribution is -2.48. The molecule has 1 fully saturated rings. The predicted molar refractivity (Wildman–Crippen MR) is 51.0 cm³/mol. The Morgan fingerprint density at radius 3 is 2.86 bits per heavy atom. The predicted octanol–water partition coefficient (Wildman–Crippen LogP) is 0.431. The van der Waals surface area contributed by atoms with E-state index in [0.29, 0.717) is 13.1 Å². The number of carboxylic acid groups (broad SMARTS) is 1. The summed E-state index contributed by atoms with van der Waals surface area (Å²) in [5.74, 6) is -0.248. The Morgan fingerprint density at radius 2 is 2.29 bits per heavy atom. The van der Waals surface area contributed by atoms with Crippen LogP contribution in [0.25, 0.3) is 0 Å². The molecule has 1 aliphatic rings. The molecule has 0 spiro atoms. The van der Waals surface area contributed by atoms with E-state index in [0.717, 1.165) is 12.8 Å². The summed E-state index contributed by atoms with van der Waals surface area (Å²) >= 11 is 0. The first-order chi connectivity index (χ1) is 6.63. The minimum atomic E-state index is -0.928. The van der Waals surface area contributed by atoms with Gasteiger partial charge in [0.15, 0.2) is 0 Å². The highest BCUT2D eigenvalue weighted by molar-refractivity contribution is 5.87. The smallest absolute Gasteiger partial charge is 0.407 e. The van der Waals surface area contributed by atoms with Crippen molar-refractivity contribution in [1.82, 2.24) is 10.2 Å². The maximum atomic E-state index is 11.0. The molecule has 1 atom stereocenters. The quantitative estimate of drug-likeness (QED) is 0.632. The topological polar surface area (TPSA) is 69.6 Å². The zero-order chi connectivity index (χ0) is 10.6. The summed E-state index contributed by atoms with van der Waals surface area (Å²) in [6.07, 6.45) is 1.87. The maximum Gasteiger partial charge on any atom is 0.407 e. The summed E-state index contributed by atoms with van der Waals surface area (Å²) < 4.78 is 0. The number of rotatable bonds is 2. The standard InChI is InChI=1S/C9H14N2O3/c1-2-8(12)10-7-4-3-5-11(6-7)9(13)14/h2,7H,1,3-6H2,(H,10,12)(H,13,14)/t7-/m0/s1. The Hall–Kier alpha value is -1.52. The molecule has 0 aliphatic carbocycles. The Bertz CT molecular complexity index is 252. The number of carbonyl (C=O) groups is 2. The second-order valence-corrected chi connectivity index (χ2v) is 3.28. The van der Waals surface area contributed by atoms with Crippen molar-refractivity contribution in [2.24, 2.45) is 0 Å². The fourth-order valence-electron chi connectivity index (χ4n) is 1.53. The monoisotopic (exact) mass is 198 g/mol. The van der Waals surface area contributed by atoms with Crippen LogP contribution in [0.2, 0.25) is 0 Å². The summed E-state index contributed by atoms with van der Waals surface area (Å²) in [5.41, 5.74) is 0. The molecule has 2 N–H and O–H groups in total. The van der Waals surface area contributed by atoms with Crippen molar-refractivity contribution >= 4 is 12.0 Å². The van der Waals surface area contributed by atoms with Crippen molar-refractivity contribution in [2.45, 2.75) is 18.9 Å². The van der Waals surface area contributed by atoms with E-state index in [2.05, 4.69) is 11.9 Å². The zero-order valence-electron chi connectivity index (χ0n) is 7.90. The van der Waals surface area contributed by atoms with E-state index >= 15 is 0 Å². The van der Waals surface area contributed by atoms with Crippen LogP contribution in [0.3, 0.4) is 0 Å². The number of carbonyl (C=O) groups excluding carboxylic acids is 1. The van der Waals surface area contributed by atoms with Crippen LogP contribution in [-0.4, -0.2) is 41.1 Å². The lowest BCUT2D eigenvalue weighted by molar-refractivity contribution is -0.117. The van der Waals surface area contributed by atoms with Gasteiger partial charge >= 0.3 is 6.09 Å². The third-order valence-electron chi connectivity index (χ3n) is 2.22. The molecule has 78 valence electrons. The van der Waals surface area contributed by atoms with Gasteiger partial charge < -0.3 is 15.3 Å².